The van der Waals surface area contributed by atoms with Crippen LogP contribution >= 0.6 is 11.6 Å². The average molecular weight is 307 g/mol. The van der Waals surface area contributed by atoms with E-state index >= 15 is 0 Å². The van der Waals surface area contributed by atoms with Crippen LogP contribution in [0.2, 0.25) is 5.15 Å². The molecule has 8 heteroatoms. The van der Waals surface area contributed by atoms with Gasteiger partial charge in [0, 0.05) is 13.2 Å². The summed E-state index contributed by atoms with van der Waals surface area (Å²) in [6, 6.07) is 2.60. The van der Waals surface area contributed by atoms with Gasteiger partial charge in [0.05, 0.1) is 0 Å². The van der Waals surface area contributed by atoms with Gasteiger partial charge >= 0.3 is 6.09 Å². The molecule has 1 aromatic rings. The van der Waals surface area contributed by atoms with Crippen LogP contribution in [0.1, 0.15) is 20.8 Å². The second-order valence-electron chi connectivity index (χ2n) is 4.77. The monoisotopic (exact) mass is 306 g/mol. The number of nitrogens with zero attached hydrogens (tertiary/aromatic N) is 2. The molecule has 1 amide bonds. The molecule has 19 heavy (non-hydrogen) atoms. The Morgan fingerprint density at radius 2 is 1.95 bits per heavy atom. The van der Waals surface area contributed by atoms with Gasteiger partial charge in [0.25, 0.3) is 10.0 Å². The summed E-state index contributed by atoms with van der Waals surface area (Å²) in [6.07, 6.45) is 0.126. The van der Waals surface area contributed by atoms with Gasteiger partial charge in [-0.25, -0.2) is 22.5 Å². The van der Waals surface area contributed by atoms with Crippen molar-refractivity contribution < 1.29 is 17.9 Å². The largest absolute Gasteiger partial charge is 0.443 e. The fourth-order valence-electron chi connectivity index (χ4n) is 1.10. The number of carbonyl (C=O) groups excluding carboxylic acids is 1. The van der Waals surface area contributed by atoms with Crippen molar-refractivity contribution in [2.24, 2.45) is 0 Å². The maximum Gasteiger partial charge on any atom is 0.424 e. The van der Waals surface area contributed by atoms with Crippen molar-refractivity contribution in [3.8, 4) is 0 Å². The molecule has 1 heterocycles. The molecule has 0 spiro atoms. The molecule has 0 saturated carbocycles. The zero-order chi connectivity index (χ0) is 14.8. The molecule has 0 aliphatic carbocycles. The van der Waals surface area contributed by atoms with Gasteiger partial charge in [-0.3, -0.25) is 0 Å². The van der Waals surface area contributed by atoms with Gasteiger partial charge in [-0.2, -0.15) is 0 Å². The Balaban J connectivity index is 3.00. The number of carbonyl (C=O) groups is 1. The number of ether oxygens (including phenoxy) is 1. The van der Waals surface area contributed by atoms with Gasteiger partial charge in [0.2, 0.25) is 0 Å². The molecule has 0 aliphatic heterocycles. The van der Waals surface area contributed by atoms with Gasteiger partial charge < -0.3 is 4.74 Å². The van der Waals surface area contributed by atoms with Gasteiger partial charge in [-0.15, -0.1) is 0 Å². The first-order valence-electron chi connectivity index (χ1n) is 5.37. The van der Waals surface area contributed by atoms with Crippen molar-refractivity contribution in [3.63, 3.8) is 0 Å². The van der Waals surface area contributed by atoms with Crippen molar-refractivity contribution in [2.75, 3.05) is 7.05 Å². The fraction of sp³-hybridized carbons (Fsp3) is 0.455. The molecule has 0 unspecified atom stereocenters. The third-order valence-corrected chi connectivity index (χ3v) is 3.94. The highest BCUT2D eigenvalue weighted by Gasteiger charge is 2.29. The molecule has 1 rings (SSSR count). The zero-order valence-corrected chi connectivity index (χ0v) is 12.6. The van der Waals surface area contributed by atoms with Gasteiger partial charge in [0.1, 0.15) is 15.6 Å². The van der Waals surface area contributed by atoms with Crippen LogP contribution in [-0.4, -0.2) is 36.4 Å². The summed E-state index contributed by atoms with van der Waals surface area (Å²) in [7, 11) is -2.87. The minimum absolute atomic E-state index is 0.134. The Morgan fingerprint density at radius 3 is 2.37 bits per heavy atom. The number of pyridine rings is 1. The quantitative estimate of drug-likeness (QED) is 0.783. The Kier molecular flexibility index (Phi) is 4.42. The summed E-state index contributed by atoms with van der Waals surface area (Å²) in [4.78, 5) is 15.3. The van der Waals surface area contributed by atoms with Crippen LogP contribution < -0.4 is 0 Å². The highest BCUT2D eigenvalue weighted by Crippen LogP contribution is 2.18. The van der Waals surface area contributed by atoms with Crippen molar-refractivity contribution in [1.29, 1.82) is 0 Å². The molecule has 106 valence electrons. The maximum atomic E-state index is 12.1. The molecular formula is C11H15ClN2O4S. The summed E-state index contributed by atoms with van der Waals surface area (Å²) in [5.74, 6) is 0. The highest BCUT2D eigenvalue weighted by molar-refractivity contribution is 7.89. The first-order chi connectivity index (χ1) is 8.54. The van der Waals surface area contributed by atoms with Crippen LogP contribution in [-0.2, 0) is 14.8 Å². The van der Waals surface area contributed by atoms with Gasteiger partial charge in [-0.05, 0) is 32.9 Å². The Bertz CT molecular complexity index is 563. The maximum absolute atomic E-state index is 12.1. The fourth-order valence-corrected chi connectivity index (χ4v) is 2.18. The number of hydrogen-bond acceptors (Lipinski definition) is 5. The van der Waals surface area contributed by atoms with Crippen molar-refractivity contribution in [3.05, 3.63) is 23.5 Å². The van der Waals surface area contributed by atoms with E-state index in [9.17, 15) is 13.2 Å². The number of aromatic nitrogens is 1. The Labute approximate surface area is 117 Å². The summed E-state index contributed by atoms with van der Waals surface area (Å²) in [6.45, 7) is 4.94. The first kappa shape index (κ1) is 15.7. The predicted octanol–water partition coefficient (Wildman–Crippen LogP) is 2.29. The van der Waals surface area contributed by atoms with E-state index in [1.807, 2.05) is 0 Å². The molecular weight excluding hydrogens is 292 g/mol. The number of amides is 1. The second kappa shape index (κ2) is 5.34. The topological polar surface area (TPSA) is 76.6 Å². The van der Waals surface area contributed by atoms with E-state index in [0.29, 0.717) is 4.31 Å². The Morgan fingerprint density at radius 1 is 1.37 bits per heavy atom. The molecule has 0 aliphatic rings. The zero-order valence-electron chi connectivity index (χ0n) is 11.0. The molecule has 0 radical (unpaired) electrons. The van der Waals surface area contributed by atoms with Crippen LogP contribution in [0.3, 0.4) is 0 Å². The molecule has 0 N–H and O–H groups in total. The van der Waals surface area contributed by atoms with E-state index in [-0.39, 0.29) is 10.0 Å². The van der Waals surface area contributed by atoms with E-state index in [4.69, 9.17) is 16.3 Å². The van der Waals surface area contributed by atoms with Crippen LogP contribution in [0, 0.1) is 0 Å². The molecule has 0 atom stereocenters. The van der Waals surface area contributed by atoms with Crippen LogP contribution in [0.4, 0.5) is 4.79 Å². The highest BCUT2D eigenvalue weighted by atomic mass is 35.5. The summed E-state index contributed by atoms with van der Waals surface area (Å²) in [5.41, 5.74) is -0.779. The first-order valence-corrected chi connectivity index (χ1v) is 7.19. The molecule has 0 aromatic carbocycles. The normalized spacial score (nSPS) is 12.1. The molecule has 6 nitrogen and oxygen atoms in total. The number of halogens is 1. The lowest BCUT2D eigenvalue weighted by Gasteiger charge is -2.24. The smallest absolute Gasteiger partial charge is 0.424 e. The summed E-state index contributed by atoms with van der Waals surface area (Å²) >= 11 is 5.58. The van der Waals surface area contributed by atoms with E-state index in [2.05, 4.69) is 4.98 Å². The minimum Gasteiger partial charge on any atom is -0.443 e. The SMILES string of the molecule is CN(C(=O)OC(C)(C)C)S(=O)(=O)c1ccc(Cl)nc1. The molecule has 0 fully saturated rings. The Hall–Kier alpha value is -1.34. The molecule has 0 bridgehead atoms. The molecule has 0 saturated heterocycles. The molecule has 1 aromatic heterocycles. The van der Waals surface area contributed by atoms with Crippen LogP contribution in [0.5, 0.6) is 0 Å². The summed E-state index contributed by atoms with van der Waals surface area (Å²) < 4.78 is 29.7. The summed E-state index contributed by atoms with van der Waals surface area (Å²) in [5, 5.41) is 0.166. The number of rotatable bonds is 2. The standard InChI is InChI=1S/C11H15ClN2O4S/c1-11(2,3)18-10(15)14(4)19(16,17)8-5-6-9(12)13-7-8/h5-7H,1-4H3. The van der Waals surface area contributed by atoms with Crippen molar-refractivity contribution in [2.45, 2.75) is 31.3 Å². The van der Waals surface area contributed by atoms with Gasteiger partial charge in [0.15, 0.2) is 0 Å². The van der Waals surface area contributed by atoms with E-state index in [0.717, 1.165) is 13.2 Å². The average Bonchev–Trinajstić information content (AvgIpc) is 2.26. The minimum atomic E-state index is -3.99. The number of sulfonamides is 1. The van der Waals surface area contributed by atoms with E-state index in [1.165, 1.54) is 12.1 Å². The lowest BCUT2D eigenvalue weighted by molar-refractivity contribution is 0.0420. The van der Waals surface area contributed by atoms with Crippen molar-refractivity contribution in [1.82, 2.24) is 9.29 Å². The lowest BCUT2D eigenvalue weighted by atomic mass is 10.2. The van der Waals surface area contributed by atoms with E-state index in [1.54, 1.807) is 20.8 Å². The number of hydrogen-bond donors (Lipinski definition) is 0. The third-order valence-electron chi connectivity index (χ3n) is 2.01. The van der Waals surface area contributed by atoms with Crippen LogP contribution in [0.25, 0.3) is 0 Å². The van der Waals surface area contributed by atoms with E-state index < -0.39 is 21.7 Å². The lowest BCUT2D eigenvalue weighted by Crippen LogP contribution is -2.38. The predicted molar refractivity (Wildman–Crippen MR) is 70.4 cm³/mol. The van der Waals surface area contributed by atoms with Gasteiger partial charge in [-0.1, -0.05) is 11.6 Å². The second-order valence-corrected chi connectivity index (χ2v) is 7.13. The van der Waals surface area contributed by atoms with Crippen LogP contribution in [0.15, 0.2) is 23.2 Å². The van der Waals surface area contributed by atoms with Crippen molar-refractivity contribution >= 4 is 27.7 Å². The third kappa shape index (κ3) is 4.07.